The van der Waals surface area contributed by atoms with E-state index >= 15 is 0 Å². The van der Waals surface area contributed by atoms with Crippen molar-refractivity contribution >= 4 is 23.3 Å². The summed E-state index contributed by atoms with van der Waals surface area (Å²) in [6.07, 6.45) is 0. The highest BCUT2D eigenvalue weighted by Gasteiger charge is 2.25. The molecule has 7 heteroatoms. The van der Waals surface area contributed by atoms with Gasteiger partial charge in [0.1, 0.15) is 11.5 Å². The van der Waals surface area contributed by atoms with Gasteiger partial charge in [0, 0.05) is 32.7 Å². The van der Waals surface area contributed by atoms with Gasteiger partial charge in [-0.2, -0.15) is 0 Å². The van der Waals surface area contributed by atoms with Crippen LogP contribution in [0.15, 0.2) is 12.1 Å². The molecule has 1 aromatic heterocycles. The van der Waals surface area contributed by atoms with Crippen LogP contribution in [0, 0.1) is 5.92 Å². The molecule has 1 fully saturated rings. The average Bonchev–Trinajstić information content (AvgIpc) is 2.47. The van der Waals surface area contributed by atoms with Gasteiger partial charge in [-0.15, -0.1) is 0 Å². The summed E-state index contributed by atoms with van der Waals surface area (Å²) < 4.78 is 0. The van der Waals surface area contributed by atoms with Crippen LogP contribution < -0.4 is 11.3 Å². The van der Waals surface area contributed by atoms with E-state index in [9.17, 15) is 4.79 Å². The number of aromatic nitrogens is 1. The molecule has 1 aliphatic heterocycles. The molecule has 2 rings (SSSR count). The Morgan fingerprint density at radius 1 is 1.38 bits per heavy atom. The number of rotatable bonds is 4. The maximum atomic E-state index is 12.5. The summed E-state index contributed by atoms with van der Waals surface area (Å²) in [6, 6.07) is 3.27. The van der Waals surface area contributed by atoms with E-state index in [1.807, 2.05) is 0 Å². The molecule has 0 bridgehead atoms. The maximum absolute atomic E-state index is 12.5. The van der Waals surface area contributed by atoms with Crippen LogP contribution in [0.4, 0.5) is 5.82 Å². The SMILES string of the molecule is CC(C)CN1CCN(C(=O)c2nc(NN)ccc2Cl)CC1. The number of nitrogens with zero attached hydrogens (tertiary/aromatic N) is 3. The van der Waals surface area contributed by atoms with Gasteiger partial charge in [-0.05, 0) is 18.1 Å². The van der Waals surface area contributed by atoms with Gasteiger partial charge in [0.15, 0.2) is 0 Å². The molecule has 0 saturated carbocycles. The Labute approximate surface area is 130 Å². The first kappa shape index (κ1) is 16.0. The van der Waals surface area contributed by atoms with Crippen molar-refractivity contribution in [3.8, 4) is 0 Å². The molecule has 1 aromatic rings. The number of nitrogen functional groups attached to an aromatic ring is 1. The molecule has 3 N–H and O–H groups in total. The summed E-state index contributed by atoms with van der Waals surface area (Å²) in [5, 5.41) is 0.351. The smallest absolute Gasteiger partial charge is 0.274 e. The molecule has 0 atom stereocenters. The van der Waals surface area contributed by atoms with E-state index in [1.54, 1.807) is 17.0 Å². The summed E-state index contributed by atoms with van der Waals surface area (Å²) >= 11 is 6.08. The number of hydrogen-bond donors (Lipinski definition) is 2. The Morgan fingerprint density at radius 3 is 2.62 bits per heavy atom. The standard InChI is InChI=1S/C14H22ClN5O/c1-10(2)9-19-5-7-20(8-6-19)14(21)13-11(15)3-4-12(17-13)18-16/h3-4,10H,5-9,16H2,1-2H3,(H,17,18). The second-order valence-corrected chi connectivity index (χ2v) is 6.07. The van der Waals surface area contributed by atoms with Gasteiger partial charge in [-0.3, -0.25) is 9.69 Å². The van der Waals surface area contributed by atoms with E-state index in [4.69, 9.17) is 17.4 Å². The molecule has 1 saturated heterocycles. The largest absolute Gasteiger partial charge is 0.335 e. The lowest BCUT2D eigenvalue weighted by Crippen LogP contribution is -2.49. The van der Waals surface area contributed by atoms with Crippen LogP contribution in [0.3, 0.4) is 0 Å². The van der Waals surface area contributed by atoms with Crippen molar-refractivity contribution < 1.29 is 4.79 Å². The highest BCUT2D eigenvalue weighted by molar-refractivity contribution is 6.33. The number of hydrogen-bond acceptors (Lipinski definition) is 5. The molecule has 1 amide bonds. The lowest BCUT2D eigenvalue weighted by atomic mass is 10.2. The number of amides is 1. The minimum Gasteiger partial charge on any atom is -0.335 e. The minimum absolute atomic E-state index is 0.138. The Hall–Kier alpha value is -1.37. The Kier molecular flexibility index (Phi) is 5.39. The van der Waals surface area contributed by atoms with E-state index in [0.717, 1.165) is 19.6 Å². The van der Waals surface area contributed by atoms with E-state index in [-0.39, 0.29) is 11.6 Å². The van der Waals surface area contributed by atoms with E-state index in [1.165, 1.54) is 0 Å². The van der Waals surface area contributed by atoms with Crippen LogP contribution in [0.5, 0.6) is 0 Å². The molecule has 21 heavy (non-hydrogen) atoms. The van der Waals surface area contributed by atoms with Crippen LogP contribution in [0.1, 0.15) is 24.3 Å². The van der Waals surface area contributed by atoms with Crippen molar-refractivity contribution in [2.24, 2.45) is 11.8 Å². The van der Waals surface area contributed by atoms with Crippen LogP contribution in [-0.2, 0) is 0 Å². The van der Waals surface area contributed by atoms with E-state index in [2.05, 4.69) is 29.2 Å². The molecule has 2 heterocycles. The second-order valence-electron chi connectivity index (χ2n) is 5.66. The van der Waals surface area contributed by atoms with Crippen molar-refractivity contribution in [3.05, 3.63) is 22.8 Å². The Morgan fingerprint density at radius 2 is 2.05 bits per heavy atom. The highest BCUT2D eigenvalue weighted by Crippen LogP contribution is 2.19. The zero-order chi connectivity index (χ0) is 15.4. The molecule has 0 unspecified atom stereocenters. The Bertz CT molecular complexity index is 500. The summed E-state index contributed by atoms with van der Waals surface area (Å²) in [4.78, 5) is 20.8. The predicted molar refractivity (Wildman–Crippen MR) is 84.2 cm³/mol. The number of carbonyl (C=O) groups is 1. The first-order chi connectivity index (χ1) is 10.0. The van der Waals surface area contributed by atoms with Crippen molar-refractivity contribution in [3.63, 3.8) is 0 Å². The fourth-order valence-corrected chi connectivity index (χ4v) is 2.66. The van der Waals surface area contributed by atoms with Crippen molar-refractivity contribution in [2.75, 3.05) is 38.1 Å². The van der Waals surface area contributed by atoms with E-state index < -0.39 is 0 Å². The quantitative estimate of drug-likeness (QED) is 0.650. The van der Waals surface area contributed by atoms with Gasteiger partial charge in [-0.1, -0.05) is 25.4 Å². The van der Waals surface area contributed by atoms with E-state index in [0.29, 0.717) is 29.8 Å². The number of nitrogens with two attached hydrogens (primary N) is 1. The third-order valence-electron chi connectivity index (χ3n) is 3.48. The van der Waals surface area contributed by atoms with Crippen LogP contribution in [0.2, 0.25) is 5.02 Å². The molecule has 0 aromatic carbocycles. The van der Waals surface area contributed by atoms with Crippen LogP contribution >= 0.6 is 11.6 Å². The summed E-state index contributed by atoms with van der Waals surface area (Å²) in [7, 11) is 0. The molecular formula is C14H22ClN5O. The molecule has 0 aliphatic carbocycles. The van der Waals surface area contributed by atoms with Crippen molar-refractivity contribution in [1.82, 2.24) is 14.8 Å². The summed E-state index contributed by atoms with van der Waals surface area (Å²) in [5.74, 6) is 6.25. The third kappa shape index (κ3) is 4.06. The number of halogens is 1. The number of carbonyl (C=O) groups excluding carboxylic acids is 1. The van der Waals surface area contributed by atoms with Crippen molar-refractivity contribution in [1.29, 1.82) is 0 Å². The van der Waals surface area contributed by atoms with Gasteiger partial charge in [0.25, 0.3) is 5.91 Å². The third-order valence-corrected chi connectivity index (χ3v) is 3.78. The normalized spacial score (nSPS) is 16.3. The molecule has 1 aliphatic rings. The van der Waals surface area contributed by atoms with Gasteiger partial charge in [0.05, 0.1) is 5.02 Å². The first-order valence-electron chi connectivity index (χ1n) is 7.16. The summed E-state index contributed by atoms with van der Waals surface area (Å²) in [5.41, 5.74) is 2.69. The molecule has 6 nitrogen and oxygen atoms in total. The fourth-order valence-electron chi connectivity index (χ4n) is 2.47. The van der Waals surface area contributed by atoms with Gasteiger partial charge < -0.3 is 10.3 Å². The topological polar surface area (TPSA) is 74.5 Å². The fraction of sp³-hybridized carbons (Fsp3) is 0.571. The van der Waals surface area contributed by atoms with Gasteiger partial charge in [0.2, 0.25) is 0 Å². The average molecular weight is 312 g/mol. The summed E-state index contributed by atoms with van der Waals surface area (Å²) in [6.45, 7) is 8.63. The zero-order valence-corrected chi connectivity index (χ0v) is 13.2. The number of hydrazine groups is 1. The highest BCUT2D eigenvalue weighted by atomic mass is 35.5. The monoisotopic (exact) mass is 311 g/mol. The number of piperazine rings is 1. The molecular weight excluding hydrogens is 290 g/mol. The van der Waals surface area contributed by atoms with Crippen molar-refractivity contribution in [2.45, 2.75) is 13.8 Å². The molecule has 0 radical (unpaired) electrons. The zero-order valence-electron chi connectivity index (χ0n) is 12.5. The minimum atomic E-state index is -0.138. The lowest BCUT2D eigenvalue weighted by molar-refractivity contribution is 0.0618. The van der Waals surface area contributed by atoms with Gasteiger partial charge >= 0.3 is 0 Å². The lowest BCUT2D eigenvalue weighted by Gasteiger charge is -2.35. The number of pyridine rings is 1. The predicted octanol–water partition coefficient (Wildman–Crippen LogP) is 1.43. The first-order valence-corrected chi connectivity index (χ1v) is 7.54. The maximum Gasteiger partial charge on any atom is 0.274 e. The van der Waals surface area contributed by atoms with Gasteiger partial charge in [-0.25, -0.2) is 10.8 Å². The molecule has 116 valence electrons. The number of anilines is 1. The molecule has 0 spiro atoms. The van der Waals surface area contributed by atoms with Crippen LogP contribution in [0.25, 0.3) is 0 Å². The van der Waals surface area contributed by atoms with Crippen LogP contribution in [-0.4, -0.2) is 53.4 Å². The number of nitrogens with one attached hydrogen (secondary N) is 1. The Balaban J connectivity index is 2.02. The second kappa shape index (κ2) is 7.06.